The summed E-state index contributed by atoms with van der Waals surface area (Å²) in [4.78, 5) is 0. The van der Waals surface area contributed by atoms with Crippen LogP contribution in [0.2, 0.25) is 0 Å². The molecule has 16 heavy (non-hydrogen) atoms. The SMILES string of the molecule is CCCCCCOC1(CBr)CCC(C)CC1. The molecule has 0 aromatic heterocycles. The highest BCUT2D eigenvalue weighted by Gasteiger charge is 2.33. The molecular formula is C14H27BrO. The molecule has 0 saturated heterocycles. The third-order valence-corrected chi connectivity index (χ3v) is 4.86. The fraction of sp³-hybridized carbons (Fsp3) is 1.00. The summed E-state index contributed by atoms with van der Waals surface area (Å²) >= 11 is 3.65. The fourth-order valence-electron chi connectivity index (χ4n) is 2.42. The van der Waals surface area contributed by atoms with Crippen molar-refractivity contribution >= 4 is 15.9 Å². The van der Waals surface area contributed by atoms with E-state index in [1.807, 2.05) is 0 Å². The molecule has 1 aliphatic carbocycles. The largest absolute Gasteiger partial charge is 0.374 e. The van der Waals surface area contributed by atoms with Gasteiger partial charge < -0.3 is 4.74 Å². The Morgan fingerprint density at radius 3 is 2.44 bits per heavy atom. The van der Waals surface area contributed by atoms with Gasteiger partial charge in [-0.15, -0.1) is 0 Å². The van der Waals surface area contributed by atoms with Gasteiger partial charge in [-0.1, -0.05) is 49.0 Å². The lowest BCUT2D eigenvalue weighted by Gasteiger charge is -2.38. The molecule has 0 radical (unpaired) electrons. The van der Waals surface area contributed by atoms with Gasteiger partial charge in [0.25, 0.3) is 0 Å². The summed E-state index contributed by atoms with van der Waals surface area (Å²) in [6, 6.07) is 0. The van der Waals surface area contributed by atoms with E-state index in [4.69, 9.17) is 4.74 Å². The molecule has 2 heteroatoms. The molecule has 0 amide bonds. The van der Waals surface area contributed by atoms with Crippen LogP contribution in [-0.2, 0) is 4.74 Å². The van der Waals surface area contributed by atoms with E-state index in [9.17, 15) is 0 Å². The van der Waals surface area contributed by atoms with Crippen LogP contribution in [0.5, 0.6) is 0 Å². The van der Waals surface area contributed by atoms with E-state index in [1.165, 1.54) is 51.4 Å². The minimum atomic E-state index is 0.165. The van der Waals surface area contributed by atoms with Crippen molar-refractivity contribution in [2.75, 3.05) is 11.9 Å². The number of rotatable bonds is 7. The second-order valence-corrected chi connectivity index (χ2v) is 5.97. The van der Waals surface area contributed by atoms with Crippen molar-refractivity contribution in [3.8, 4) is 0 Å². The van der Waals surface area contributed by atoms with E-state index in [0.29, 0.717) is 0 Å². The third-order valence-electron chi connectivity index (χ3n) is 3.84. The number of halogens is 1. The number of hydrogen-bond acceptors (Lipinski definition) is 1. The van der Waals surface area contributed by atoms with Crippen molar-refractivity contribution in [3.63, 3.8) is 0 Å². The van der Waals surface area contributed by atoms with E-state index in [0.717, 1.165) is 17.9 Å². The van der Waals surface area contributed by atoms with Crippen molar-refractivity contribution in [3.05, 3.63) is 0 Å². The fourth-order valence-corrected chi connectivity index (χ4v) is 3.14. The summed E-state index contributed by atoms with van der Waals surface area (Å²) in [5, 5.41) is 1.01. The van der Waals surface area contributed by atoms with Crippen LogP contribution in [0, 0.1) is 5.92 Å². The number of alkyl halides is 1. The molecular weight excluding hydrogens is 264 g/mol. The lowest BCUT2D eigenvalue weighted by atomic mass is 9.80. The summed E-state index contributed by atoms with van der Waals surface area (Å²) in [5.41, 5.74) is 0.165. The van der Waals surface area contributed by atoms with Crippen molar-refractivity contribution in [1.82, 2.24) is 0 Å². The van der Waals surface area contributed by atoms with Crippen LogP contribution in [-0.4, -0.2) is 17.5 Å². The van der Waals surface area contributed by atoms with Crippen molar-refractivity contribution in [2.24, 2.45) is 5.92 Å². The predicted molar refractivity (Wildman–Crippen MR) is 74.3 cm³/mol. The Bertz CT molecular complexity index is 174. The zero-order chi connectivity index (χ0) is 11.9. The highest BCUT2D eigenvalue weighted by molar-refractivity contribution is 9.09. The van der Waals surface area contributed by atoms with E-state index < -0.39 is 0 Å². The van der Waals surface area contributed by atoms with E-state index in [2.05, 4.69) is 29.8 Å². The van der Waals surface area contributed by atoms with Crippen molar-refractivity contribution in [2.45, 2.75) is 70.8 Å². The summed E-state index contributed by atoms with van der Waals surface area (Å²) in [6.45, 7) is 5.57. The second-order valence-electron chi connectivity index (χ2n) is 5.41. The van der Waals surface area contributed by atoms with Gasteiger partial charge >= 0.3 is 0 Å². The maximum Gasteiger partial charge on any atom is 0.0779 e. The molecule has 1 aliphatic rings. The Hall–Kier alpha value is 0.440. The predicted octanol–water partition coefficient (Wildman–Crippen LogP) is 4.93. The van der Waals surface area contributed by atoms with Crippen molar-refractivity contribution < 1.29 is 4.74 Å². The first kappa shape index (κ1) is 14.5. The highest BCUT2D eigenvalue weighted by atomic mass is 79.9. The van der Waals surface area contributed by atoms with Gasteiger partial charge in [0.05, 0.1) is 5.60 Å². The molecule has 0 aliphatic heterocycles. The monoisotopic (exact) mass is 290 g/mol. The Labute approximate surface area is 109 Å². The zero-order valence-electron chi connectivity index (χ0n) is 10.9. The molecule has 0 atom stereocenters. The summed E-state index contributed by atoms with van der Waals surface area (Å²) < 4.78 is 6.17. The Kier molecular flexibility index (Phi) is 6.98. The van der Waals surface area contributed by atoms with Gasteiger partial charge in [-0.25, -0.2) is 0 Å². The molecule has 0 aromatic carbocycles. The standard InChI is InChI=1S/C14H27BrO/c1-3-4-5-6-11-16-14(12-15)9-7-13(2)8-10-14/h13H,3-12H2,1-2H3. The maximum atomic E-state index is 6.17. The summed E-state index contributed by atoms with van der Waals surface area (Å²) in [6.07, 6.45) is 10.4. The van der Waals surface area contributed by atoms with Crippen molar-refractivity contribution in [1.29, 1.82) is 0 Å². The van der Waals surface area contributed by atoms with Crippen LogP contribution >= 0.6 is 15.9 Å². The topological polar surface area (TPSA) is 9.23 Å². The molecule has 0 unspecified atom stereocenters. The first-order valence-electron chi connectivity index (χ1n) is 6.92. The van der Waals surface area contributed by atoms with Gasteiger partial charge in [-0.2, -0.15) is 0 Å². The van der Waals surface area contributed by atoms with Crippen LogP contribution < -0.4 is 0 Å². The lowest BCUT2D eigenvalue weighted by molar-refractivity contribution is -0.0598. The number of unbranched alkanes of at least 4 members (excludes halogenated alkanes) is 3. The maximum absolute atomic E-state index is 6.17. The van der Waals surface area contributed by atoms with Gasteiger partial charge in [0.1, 0.15) is 0 Å². The van der Waals surface area contributed by atoms with Gasteiger partial charge in [0.2, 0.25) is 0 Å². The molecule has 1 fully saturated rings. The molecule has 1 saturated carbocycles. The average molecular weight is 291 g/mol. The smallest absolute Gasteiger partial charge is 0.0779 e. The first-order valence-corrected chi connectivity index (χ1v) is 8.04. The van der Waals surface area contributed by atoms with Crippen LogP contribution in [0.3, 0.4) is 0 Å². The van der Waals surface area contributed by atoms with Crippen LogP contribution in [0.25, 0.3) is 0 Å². The lowest BCUT2D eigenvalue weighted by Crippen LogP contribution is -2.38. The molecule has 0 spiro atoms. The molecule has 0 N–H and O–H groups in total. The van der Waals surface area contributed by atoms with Gasteiger partial charge in [-0.3, -0.25) is 0 Å². The zero-order valence-corrected chi connectivity index (χ0v) is 12.5. The Balaban J connectivity index is 2.20. The first-order chi connectivity index (χ1) is 7.72. The number of hydrogen-bond donors (Lipinski definition) is 0. The van der Waals surface area contributed by atoms with Gasteiger partial charge in [0, 0.05) is 11.9 Å². The third kappa shape index (κ3) is 4.75. The minimum Gasteiger partial charge on any atom is -0.374 e. The molecule has 1 rings (SSSR count). The number of ether oxygens (including phenoxy) is 1. The molecule has 0 bridgehead atoms. The molecule has 0 heterocycles. The van der Waals surface area contributed by atoms with Crippen LogP contribution in [0.1, 0.15) is 65.2 Å². The quantitative estimate of drug-likeness (QED) is 0.477. The summed E-state index contributed by atoms with van der Waals surface area (Å²) in [5.74, 6) is 0.899. The van der Waals surface area contributed by atoms with E-state index in [1.54, 1.807) is 0 Å². The Morgan fingerprint density at radius 2 is 1.88 bits per heavy atom. The highest BCUT2D eigenvalue weighted by Crippen LogP contribution is 2.36. The van der Waals surface area contributed by atoms with E-state index in [-0.39, 0.29) is 5.60 Å². The normalized spacial score (nSPS) is 30.6. The molecule has 96 valence electrons. The van der Waals surface area contributed by atoms with Gasteiger partial charge in [-0.05, 0) is 38.0 Å². The van der Waals surface area contributed by atoms with E-state index >= 15 is 0 Å². The summed E-state index contributed by atoms with van der Waals surface area (Å²) in [7, 11) is 0. The van der Waals surface area contributed by atoms with Crippen LogP contribution in [0.15, 0.2) is 0 Å². The van der Waals surface area contributed by atoms with Gasteiger partial charge in [0.15, 0.2) is 0 Å². The second kappa shape index (κ2) is 7.71. The molecule has 0 aromatic rings. The van der Waals surface area contributed by atoms with Crippen LogP contribution in [0.4, 0.5) is 0 Å². The average Bonchev–Trinajstić information content (AvgIpc) is 2.32. The minimum absolute atomic E-state index is 0.165. The molecule has 1 nitrogen and oxygen atoms in total. The Morgan fingerprint density at radius 1 is 1.19 bits per heavy atom.